The summed E-state index contributed by atoms with van der Waals surface area (Å²) in [7, 11) is 0. The molecule has 0 saturated heterocycles. The Hall–Kier alpha value is -1.44. The van der Waals surface area contributed by atoms with Gasteiger partial charge in [-0.25, -0.2) is 0 Å². The summed E-state index contributed by atoms with van der Waals surface area (Å²) in [5.41, 5.74) is 4.00. The van der Waals surface area contributed by atoms with Crippen LogP contribution in [0.15, 0.2) is 41.8 Å². The molecule has 0 spiro atoms. The van der Waals surface area contributed by atoms with E-state index in [0.717, 1.165) is 13.1 Å². The summed E-state index contributed by atoms with van der Waals surface area (Å²) in [4.78, 5) is 0. The van der Waals surface area contributed by atoms with E-state index in [-0.39, 0.29) is 0 Å². The van der Waals surface area contributed by atoms with Crippen molar-refractivity contribution >= 4 is 0 Å². The van der Waals surface area contributed by atoms with E-state index in [1.54, 1.807) is 0 Å². The van der Waals surface area contributed by atoms with E-state index in [1.165, 1.54) is 17.0 Å². The number of nitrogens with one attached hydrogen (secondary N) is 1. The monoisotopic (exact) mass is 188 g/mol. The maximum absolute atomic E-state index is 3.43. The second-order valence-electron chi connectivity index (χ2n) is 3.63. The molecule has 1 aliphatic heterocycles. The van der Waals surface area contributed by atoms with Crippen molar-refractivity contribution in [1.29, 1.82) is 0 Å². The van der Waals surface area contributed by atoms with Crippen molar-refractivity contribution in [3.63, 3.8) is 0 Å². The van der Waals surface area contributed by atoms with E-state index in [0.29, 0.717) is 0 Å². The Morgan fingerprint density at radius 2 is 2.36 bits per heavy atom. The first-order valence-electron chi connectivity index (χ1n) is 5.01. The molecule has 0 unspecified atom stereocenters. The van der Waals surface area contributed by atoms with Crippen LogP contribution in [0.5, 0.6) is 0 Å². The fourth-order valence-corrected chi connectivity index (χ4v) is 1.78. The molecule has 1 aromatic heterocycles. The lowest BCUT2D eigenvalue weighted by molar-refractivity contribution is 0.738. The molecule has 0 amide bonds. The first-order chi connectivity index (χ1) is 6.81. The third kappa shape index (κ3) is 1.60. The smallest absolute Gasteiger partial charge is 0.0550 e. The second-order valence-corrected chi connectivity index (χ2v) is 3.63. The lowest BCUT2D eigenvalue weighted by Crippen LogP contribution is -2.10. The molecule has 1 N–H and O–H groups in total. The van der Waals surface area contributed by atoms with Crippen LogP contribution in [0.25, 0.3) is 0 Å². The number of allylic oxidation sites excluding steroid dienone is 4. The van der Waals surface area contributed by atoms with Crippen molar-refractivity contribution in [2.75, 3.05) is 0 Å². The van der Waals surface area contributed by atoms with Gasteiger partial charge in [-0.15, -0.1) is 0 Å². The Labute approximate surface area is 84.9 Å². The van der Waals surface area contributed by atoms with E-state index in [1.807, 2.05) is 0 Å². The van der Waals surface area contributed by atoms with Gasteiger partial charge in [0, 0.05) is 24.1 Å². The van der Waals surface area contributed by atoms with Crippen LogP contribution in [0.4, 0.5) is 0 Å². The molecular formula is C12H16N2. The molecule has 0 radical (unpaired) electrons. The van der Waals surface area contributed by atoms with Gasteiger partial charge >= 0.3 is 0 Å². The highest BCUT2D eigenvalue weighted by Gasteiger charge is 2.09. The molecule has 0 bridgehead atoms. The number of rotatable bonds is 1. The molecule has 1 aliphatic rings. The largest absolute Gasteiger partial charge is 0.383 e. The standard InChI is InChI=1S/C12H16N2/c1-3-5-11-9-14-7-4-6-12(14)8-13-10(11)2/h3-7,13H,8-9H2,1-2H3/b5-3-. The van der Waals surface area contributed by atoms with Crippen molar-refractivity contribution < 1.29 is 0 Å². The summed E-state index contributed by atoms with van der Waals surface area (Å²) in [5, 5.41) is 3.43. The molecule has 74 valence electrons. The Balaban J connectivity index is 2.34. The number of aromatic nitrogens is 1. The van der Waals surface area contributed by atoms with Crippen LogP contribution < -0.4 is 5.32 Å². The lowest BCUT2D eigenvalue weighted by Gasteiger charge is -2.05. The Bertz CT molecular complexity index is 383. The SMILES string of the molecule is C/C=C\C1=C(C)NCc2cccn2C1. The van der Waals surface area contributed by atoms with Crippen LogP contribution in [0.1, 0.15) is 19.5 Å². The highest BCUT2D eigenvalue weighted by Crippen LogP contribution is 2.15. The van der Waals surface area contributed by atoms with Gasteiger partial charge in [0.25, 0.3) is 0 Å². The van der Waals surface area contributed by atoms with Gasteiger partial charge < -0.3 is 9.88 Å². The normalized spacial score (nSPS) is 16.7. The van der Waals surface area contributed by atoms with Gasteiger partial charge in [-0.2, -0.15) is 0 Å². The molecule has 0 fully saturated rings. The molecule has 0 saturated carbocycles. The fourth-order valence-electron chi connectivity index (χ4n) is 1.78. The summed E-state index contributed by atoms with van der Waals surface area (Å²) in [5.74, 6) is 0. The van der Waals surface area contributed by atoms with Crippen LogP contribution in [0.2, 0.25) is 0 Å². The molecule has 14 heavy (non-hydrogen) atoms. The van der Waals surface area contributed by atoms with E-state index in [2.05, 4.69) is 54.2 Å². The summed E-state index contributed by atoms with van der Waals surface area (Å²) < 4.78 is 2.29. The zero-order valence-corrected chi connectivity index (χ0v) is 8.75. The molecule has 2 nitrogen and oxygen atoms in total. The summed E-state index contributed by atoms with van der Waals surface area (Å²) in [6, 6.07) is 4.27. The molecule has 1 aromatic rings. The van der Waals surface area contributed by atoms with Crippen LogP contribution in [0, 0.1) is 0 Å². The minimum absolute atomic E-state index is 0.930. The van der Waals surface area contributed by atoms with Crippen molar-refractivity contribution in [3.8, 4) is 0 Å². The van der Waals surface area contributed by atoms with Crippen molar-refractivity contribution in [2.24, 2.45) is 0 Å². The van der Waals surface area contributed by atoms with E-state index >= 15 is 0 Å². The van der Waals surface area contributed by atoms with Gasteiger partial charge in [-0.1, -0.05) is 12.2 Å². The average Bonchev–Trinajstić information content (AvgIpc) is 2.56. The minimum Gasteiger partial charge on any atom is -0.383 e. The lowest BCUT2D eigenvalue weighted by atomic mass is 10.2. The topological polar surface area (TPSA) is 17.0 Å². The van der Waals surface area contributed by atoms with Gasteiger partial charge in [-0.3, -0.25) is 0 Å². The molecule has 2 heteroatoms. The van der Waals surface area contributed by atoms with Crippen LogP contribution in [-0.2, 0) is 13.1 Å². The first-order valence-corrected chi connectivity index (χ1v) is 5.01. The zero-order valence-electron chi connectivity index (χ0n) is 8.75. The zero-order chi connectivity index (χ0) is 9.97. The minimum atomic E-state index is 0.930. The van der Waals surface area contributed by atoms with E-state index in [9.17, 15) is 0 Å². The van der Waals surface area contributed by atoms with E-state index < -0.39 is 0 Å². The van der Waals surface area contributed by atoms with Crippen LogP contribution >= 0.6 is 0 Å². The molecule has 0 aromatic carbocycles. The highest BCUT2D eigenvalue weighted by molar-refractivity contribution is 5.27. The Morgan fingerprint density at radius 1 is 1.50 bits per heavy atom. The van der Waals surface area contributed by atoms with Crippen molar-refractivity contribution in [3.05, 3.63) is 47.4 Å². The maximum Gasteiger partial charge on any atom is 0.0550 e. The van der Waals surface area contributed by atoms with Crippen molar-refractivity contribution in [1.82, 2.24) is 9.88 Å². The molecule has 2 rings (SSSR count). The first kappa shape index (κ1) is 9.13. The quantitative estimate of drug-likeness (QED) is 0.716. The van der Waals surface area contributed by atoms with Crippen LogP contribution in [-0.4, -0.2) is 4.57 Å². The number of nitrogens with zero attached hydrogens (tertiary/aromatic N) is 1. The van der Waals surface area contributed by atoms with Gasteiger partial charge in [-0.05, 0) is 31.6 Å². The second kappa shape index (κ2) is 3.74. The predicted octanol–water partition coefficient (Wildman–Crippen LogP) is 2.44. The third-order valence-electron chi connectivity index (χ3n) is 2.65. The fraction of sp³-hybridized carbons (Fsp3) is 0.333. The molecule has 0 atom stereocenters. The number of hydrogen-bond acceptors (Lipinski definition) is 1. The molecule has 0 aliphatic carbocycles. The maximum atomic E-state index is 3.43. The van der Waals surface area contributed by atoms with Crippen LogP contribution in [0.3, 0.4) is 0 Å². The third-order valence-corrected chi connectivity index (χ3v) is 2.65. The molecule has 2 heterocycles. The Kier molecular flexibility index (Phi) is 2.44. The average molecular weight is 188 g/mol. The number of hydrogen-bond donors (Lipinski definition) is 1. The molecular weight excluding hydrogens is 172 g/mol. The van der Waals surface area contributed by atoms with Gasteiger partial charge in [0.15, 0.2) is 0 Å². The van der Waals surface area contributed by atoms with Gasteiger partial charge in [0.05, 0.1) is 6.54 Å². The van der Waals surface area contributed by atoms with Gasteiger partial charge in [0.1, 0.15) is 0 Å². The van der Waals surface area contributed by atoms with Crippen molar-refractivity contribution in [2.45, 2.75) is 26.9 Å². The highest BCUT2D eigenvalue weighted by atomic mass is 15.0. The van der Waals surface area contributed by atoms with E-state index in [4.69, 9.17) is 0 Å². The summed E-state index contributed by atoms with van der Waals surface area (Å²) in [6.45, 7) is 6.11. The Morgan fingerprint density at radius 3 is 3.14 bits per heavy atom. The predicted molar refractivity (Wildman–Crippen MR) is 58.8 cm³/mol. The summed E-state index contributed by atoms with van der Waals surface area (Å²) >= 11 is 0. The number of fused-ring (bicyclic) bond motifs is 1. The van der Waals surface area contributed by atoms with Gasteiger partial charge in [0.2, 0.25) is 0 Å². The summed E-state index contributed by atoms with van der Waals surface area (Å²) in [6.07, 6.45) is 6.41.